The van der Waals surface area contributed by atoms with Crippen LogP contribution in [0.5, 0.6) is 11.5 Å². The first-order valence-corrected chi connectivity index (χ1v) is 6.99. The maximum atomic E-state index is 13.0. The second-order valence-corrected chi connectivity index (χ2v) is 5.16. The number of halogens is 2. The van der Waals surface area contributed by atoms with Crippen molar-refractivity contribution in [3.8, 4) is 22.6 Å². The fraction of sp³-hybridized carbons (Fsp3) is 0. The lowest BCUT2D eigenvalue weighted by Crippen LogP contribution is -2.10. The van der Waals surface area contributed by atoms with Crippen molar-refractivity contribution >= 4 is 23.9 Å². The zero-order chi connectivity index (χ0) is 21.2. The Balaban J connectivity index is 2.93. The molecule has 0 fully saturated rings. The molecule has 10 nitrogen and oxygen atoms in total. The average molecular weight is 398 g/mol. The number of rotatable bonds is 7. The molecule has 0 radical (unpaired) electrons. The number of hydrogen-bond acceptors (Lipinski definition) is 6. The normalized spacial score (nSPS) is 10.2. The van der Waals surface area contributed by atoms with E-state index in [9.17, 15) is 28.2 Å². The van der Waals surface area contributed by atoms with Crippen molar-refractivity contribution in [3.63, 3.8) is 0 Å². The first-order chi connectivity index (χ1) is 13.1. The maximum Gasteiger partial charge on any atom is 0.336 e. The molecular formula is C16H8F2O10. The van der Waals surface area contributed by atoms with E-state index < -0.39 is 68.8 Å². The highest BCUT2D eigenvalue weighted by molar-refractivity contribution is 6.06. The highest BCUT2D eigenvalue weighted by Crippen LogP contribution is 2.40. The molecular weight excluding hydrogens is 390 g/mol. The number of carboxylic acids is 4. The number of carbonyl (C=O) groups is 4. The molecule has 0 atom stereocenters. The zero-order valence-corrected chi connectivity index (χ0v) is 13.3. The summed E-state index contributed by atoms with van der Waals surface area (Å²) >= 11 is 0. The molecule has 2 rings (SSSR count). The summed E-state index contributed by atoms with van der Waals surface area (Å²) in [6.45, 7) is 0. The summed E-state index contributed by atoms with van der Waals surface area (Å²) in [6.07, 6.45) is 0. The third-order valence-electron chi connectivity index (χ3n) is 3.62. The lowest BCUT2D eigenvalue weighted by molar-refractivity contribution is -0.00795. The van der Waals surface area contributed by atoms with E-state index in [1.807, 2.05) is 0 Å². The summed E-state index contributed by atoms with van der Waals surface area (Å²) in [6, 6.07) is 2.14. The van der Waals surface area contributed by atoms with E-state index in [1.54, 1.807) is 0 Å². The zero-order valence-electron chi connectivity index (χ0n) is 13.3. The lowest BCUT2D eigenvalue weighted by Gasteiger charge is -2.13. The monoisotopic (exact) mass is 398 g/mol. The predicted molar refractivity (Wildman–Crippen MR) is 83.2 cm³/mol. The first-order valence-electron chi connectivity index (χ1n) is 6.99. The molecule has 0 saturated heterocycles. The van der Waals surface area contributed by atoms with Crippen LogP contribution in [0.15, 0.2) is 24.3 Å². The van der Waals surface area contributed by atoms with Crippen LogP contribution in [-0.2, 0) is 0 Å². The number of benzene rings is 2. The lowest BCUT2D eigenvalue weighted by atomic mass is 9.94. The largest absolute Gasteiger partial charge is 0.478 e. The van der Waals surface area contributed by atoms with Crippen LogP contribution in [0.1, 0.15) is 41.4 Å². The highest BCUT2D eigenvalue weighted by Gasteiger charge is 2.27. The van der Waals surface area contributed by atoms with Crippen LogP contribution in [0.3, 0.4) is 0 Å². The third-order valence-corrected chi connectivity index (χ3v) is 3.62. The standard InChI is InChI=1S/C16H8F2O10/c17-27-11-3-9(15(23)24)7(13(19)20)1-5(11)6-2-8(14(21)22)10(16(25)26)4-12(6)28-18/h1-4H,(H,19,20)(H,21,22)(H,23,24)(H,25,26). The molecule has 0 unspecified atom stereocenters. The molecule has 0 saturated carbocycles. The molecule has 0 amide bonds. The molecule has 0 aliphatic heterocycles. The molecule has 2 aromatic carbocycles. The summed E-state index contributed by atoms with van der Waals surface area (Å²) in [5.41, 5.74) is -4.65. The smallest absolute Gasteiger partial charge is 0.336 e. The Bertz CT molecular complexity index is 933. The van der Waals surface area contributed by atoms with E-state index >= 15 is 0 Å². The molecule has 146 valence electrons. The number of carboxylic acid groups (broad SMARTS) is 4. The Labute approximate surface area is 152 Å². The van der Waals surface area contributed by atoms with Gasteiger partial charge in [0.25, 0.3) is 0 Å². The van der Waals surface area contributed by atoms with Crippen molar-refractivity contribution in [3.05, 3.63) is 46.5 Å². The van der Waals surface area contributed by atoms with Gasteiger partial charge in [0.05, 0.1) is 22.3 Å². The van der Waals surface area contributed by atoms with Gasteiger partial charge in [-0.15, -0.1) is 0 Å². The van der Waals surface area contributed by atoms with Gasteiger partial charge in [-0.25, -0.2) is 19.2 Å². The summed E-state index contributed by atoms with van der Waals surface area (Å²) in [7, 11) is 0. The van der Waals surface area contributed by atoms with Crippen molar-refractivity contribution in [1.82, 2.24) is 0 Å². The van der Waals surface area contributed by atoms with Crippen LogP contribution in [0.25, 0.3) is 11.1 Å². The van der Waals surface area contributed by atoms with Crippen LogP contribution in [-0.4, -0.2) is 44.3 Å². The second-order valence-electron chi connectivity index (χ2n) is 5.16. The second kappa shape index (κ2) is 7.57. The minimum atomic E-state index is -1.74. The average Bonchev–Trinajstić information content (AvgIpc) is 2.65. The van der Waals surface area contributed by atoms with Gasteiger partial charge in [-0.05, 0) is 12.1 Å². The van der Waals surface area contributed by atoms with E-state index in [4.69, 9.17) is 20.4 Å². The minimum Gasteiger partial charge on any atom is -0.478 e. The van der Waals surface area contributed by atoms with Gasteiger partial charge in [0.1, 0.15) is 0 Å². The molecule has 0 heterocycles. The Morgan fingerprint density at radius 2 is 0.821 bits per heavy atom. The predicted octanol–water partition coefficient (Wildman–Crippen LogP) is 2.67. The molecule has 0 aromatic heterocycles. The fourth-order valence-corrected chi connectivity index (χ4v) is 2.42. The van der Waals surface area contributed by atoms with Crippen molar-refractivity contribution in [2.45, 2.75) is 0 Å². The van der Waals surface area contributed by atoms with Gasteiger partial charge in [-0.1, -0.05) is 0 Å². The fourth-order valence-electron chi connectivity index (χ4n) is 2.42. The highest BCUT2D eigenvalue weighted by atomic mass is 19.3. The number of hydrogen-bond donors (Lipinski definition) is 4. The van der Waals surface area contributed by atoms with Crippen LogP contribution in [0, 0.1) is 0 Å². The summed E-state index contributed by atoms with van der Waals surface area (Å²) < 4.78 is 25.9. The SMILES string of the molecule is O=C(O)c1cc(OF)c(-c2cc(C(=O)O)c(C(=O)O)cc2OF)cc1C(=O)O. The van der Waals surface area contributed by atoms with Gasteiger partial charge in [0.2, 0.25) is 0 Å². The van der Waals surface area contributed by atoms with Crippen molar-refractivity contribution in [2.75, 3.05) is 0 Å². The van der Waals surface area contributed by atoms with Gasteiger partial charge < -0.3 is 20.4 Å². The van der Waals surface area contributed by atoms with E-state index in [0.29, 0.717) is 24.3 Å². The Hall–Kier alpha value is -4.22. The Morgan fingerprint density at radius 3 is 1.04 bits per heavy atom. The van der Waals surface area contributed by atoms with E-state index in [0.717, 1.165) is 0 Å². The minimum absolute atomic E-state index is 0.481. The van der Waals surface area contributed by atoms with Crippen molar-refractivity contribution in [1.29, 1.82) is 0 Å². The van der Waals surface area contributed by atoms with Crippen molar-refractivity contribution < 1.29 is 58.5 Å². The van der Waals surface area contributed by atoms with Crippen LogP contribution in [0.2, 0.25) is 0 Å². The topological polar surface area (TPSA) is 168 Å². The molecule has 12 heteroatoms. The molecule has 2 aromatic rings. The molecule has 4 N–H and O–H groups in total. The Kier molecular flexibility index (Phi) is 5.43. The van der Waals surface area contributed by atoms with Crippen LogP contribution in [0.4, 0.5) is 9.05 Å². The summed E-state index contributed by atoms with van der Waals surface area (Å²) in [4.78, 5) is 51.9. The quantitative estimate of drug-likeness (QED) is 0.544. The Morgan fingerprint density at radius 1 is 0.571 bits per heavy atom. The van der Waals surface area contributed by atoms with Gasteiger partial charge >= 0.3 is 23.9 Å². The molecule has 28 heavy (non-hydrogen) atoms. The molecule has 0 aliphatic rings. The van der Waals surface area contributed by atoms with Gasteiger partial charge in [-0.3, -0.25) is 9.88 Å². The third kappa shape index (κ3) is 3.51. The van der Waals surface area contributed by atoms with Gasteiger partial charge in [0, 0.05) is 32.3 Å². The molecule has 0 spiro atoms. The van der Waals surface area contributed by atoms with E-state index in [2.05, 4.69) is 9.88 Å². The summed E-state index contributed by atoms with van der Waals surface area (Å²) in [5, 5.41) is 36.4. The first kappa shape index (κ1) is 20.1. The van der Waals surface area contributed by atoms with E-state index in [-0.39, 0.29) is 0 Å². The van der Waals surface area contributed by atoms with Gasteiger partial charge in [-0.2, -0.15) is 0 Å². The van der Waals surface area contributed by atoms with Crippen LogP contribution < -0.4 is 9.88 Å². The summed E-state index contributed by atoms with van der Waals surface area (Å²) in [5.74, 6) is -8.77. The maximum absolute atomic E-state index is 13.0. The number of aromatic carboxylic acids is 4. The molecule has 0 bridgehead atoms. The van der Waals surface area contributed by atoms with Gasteiger partial charge in [0.15, 0.2) is 11.5 Å². The van der Waals surface area contributed by atoms with Crippen LogP contribution >= 0.6 is 0 Å². The molecule has 0 aliphatic carbocycles. The van der Waals surface area contributed by atoms with E-state index in [1.165, 1.54) is 0 Å². The van der Waals surface area contributed by atoms with Crippen molar-refractivity contribution in [2.24, 2.45) is 0 Å².